The van der Waals surface area contributed by atoms with Crippen LogP contribution in [0.5, 0.6) is 0 Å². The van der Waals surface area contributed by atoms with Crippen molar-refractivity contribution in [3.05, 3.63) is 30.6 Å². The summed E-state index contributed by atoms with van der Waals surface area (Å²) in [6, 6.07) is 5.28. The molecule has 1 unspecified atom stereocenters. The van der Waals surface area contributed by atoms with Gasteiger partial charge in [0.15, 0.2) is 0 Å². The third-order valence-electron chi connectivity index (χ3n) is 3.27. The molecule has 1 aromatic carbocycles. The van der Waals surface area contributed by atoms with Gasteiger partial charge < -0.3 is 11.1 Å². The number of carbonyl (C=O) groups excluding carboxylic acids is 1. The molecule has 1 heterocycles. The Morgan fingerprint density at radius 2 is 1.90 bits per heavy atom. The highest BCUT2D eigenvalue weighted by atomic mass is 16.1. The third-order valence-corrected chi connectivity index (χ3v) is 3.27. The second-order valence-corrected chi connectivity index (χ2v) is 5.98. The zero-order valence-electron chi connectivity index (χ0n) is 12.1. The number of nitrogens with one attached hydrogen (secondary N) is 1. The number of fused-ring (bicyclic) bond motifs is 1. The molecule has 0 fully saturated rings. The summed E-state index contributed by atoms with van der Waals surface area (Å²) in [6.07, 6.45) is 3.56. The van der Waals surface area contributed by atoms with Gasteiger partial charge in [0.2, 0.25) is 5.91 Å². The molecule has 106 valence electrons. The number of rotatable bonds is 3. The van der Waals surface area contributed by atoms with Gasteiger partial charge in [0.05, 0.1) is 11.0 Å². The molecule has 0 aliphatic rings. The monoisotopic (exact) mass is 272 g/mol. The first-order valence-corrected chi connectivity index (χ1v) is 6.62. The highest BCUT2D eigenvalue weighted by Crippen LogP contribution is 2.21. The van der Waals surface area contributed by atoms with Crippen LogP contribution in [0.2, 0.25) is 0 Å². The van der Waals surface area contributed by atoms with Gasteiger partial charge in [0, 0.05) is 30.5 Å². The van der Waals surface area contributed by atoms with Crippen LogP contribution in [-0.4, -0.2) is 21.9 Å². The molecule has 1 atom stereocenters. The first-order chi connectivity index (χ1) is 9.36. The molecule has 20 heavy (non-hydrogen) atoms. The smallest absolute Gasteiger partial charge is 0.225 e. The van der Waals surface area contributed by atoms with Crippen LogP contribution in [0, 0.1) is 5.41 Å². The van der Waals surface area contributed by atoms with E-state index in [1.165, 1.54) is 0 Å². The Kier molecular flexibility index (Phi) is 3.99. The second kappa shape index (κ2) is 5.54. The van der Waals surface area contributed by atoms with Crippen molar-refractivity contribution in [1.82, 2.24) is 9.97 Å². The summed E-state index contributed by atoms with van der Waals surface area (Å²) in [5.41, 5.74) is 8.19. The van der Waals surface area contributed by atoms with Crippen molar-refractivity contribution in [3.8, 4) is 0 Å². The maximum absolute atomic E-state index is 12.0. The first-order valence-electron chi connectivity index (χ1n) is 6.62. The highest BCUT2D eigenvalue weighted by Gasteiger charge is 2.23. The molecule has 0 aliphatic heterocycles. The Labute approximate surface area is 118 Å². The first kappa shape index (κ1) is 14.4. The minimum absolute atomic E-state index is 0.0873. The fourth-order valence-corrected chi connectivity index (χ4v) is 1.76. The van der Waals surface area contributed by atoms with Crippen LogP contribution < -0.4 is 11.1 Å². The number of hydrogen-bond acceptors (Lipinski definition) is 4. The molecule has 0 bridgehead atoms. The normalized spacial score (nSPS) is 13.2. The zero-order valence-corrected chi connectivity index (χ0v) is 12.1. The van der Waals surface area contributed by atoms with E-state index in [2.05, 4.69) is 15.3 Å². The number of benzene rings is 1. The van der Waals surface area contributed by atoms with E-state index in [4.69, 9.17) is 5.73 Å². The summed E-state index contributed by atoms with van der Waals surface area (Å²) in [5.74, 6) is -0.0873. The molecule has 1 aromatic heterocycles. The quantitative estimate of drug-likeness (QED) is 0.898. The van der Waals surface area contributed by atoms with E-state index in [-0.39, 0.29) is 17.4 Å². The number of carbonyl (C=O) groups is 1. The van der Waals surface area contributed by atoms with Crippen LogP contribution in [0.15, 0.2) is 30.6 Å². The minimum atomic E-state index is -0.178. The van der Waals surface area contributed by atoms with Gasteiger partial charge in [-0.15, -0.1) is 0 Å². The van der Waals surface area contributed by atoms with Gasteiger partial charge in [-0.2, -0.15) is 0 Å². The molecule has 0 saturated heterocycles. The van der Waals surface area contributed by atoms with Crippen LogP contribution in [0.4, 0.5) is 5.69 Å². The fraction of sp³-hybridized carbons (Fsp3) is 0.400. The summed E-state index contributed by atoms with van der Waals surface area (Å²) in [5, 5.41) is 2.85. The summed E-state index contributed by atoms with van der Waals surface area (Å²) in [4.78, 5) is 20.4. The lowest BCUT2D eigenvalue weighted by atomic mass is 9.85. The maximum atomic E-state index is 12.0. The molecular weight excluding hydrogens is 252 g/mol. The van der Waals surface area contributed by atoms with Crippen LogP contribution >= 0.6 is 0 Å². The summed E-state index contributed by atoms with van der Waals surface area (Å²) >= 11 is 0. The molecule has 0 saturated carbocycles. The van der Waals surface area contributed by atoms with Crippen molar-refractivity contribution >= 4 is 22.6 Å². The predicted octanol–water partition coefficient (Wildman–Crippen LogP) is 2.33. The van der Waals surface area contributed by atoms with E-state index in [1.807, 2.05) is 39.0 Å². The van der Waals surface area contributed by atoms with Crippen LogP contribution in [0.25, 0.3) is 11.0 Å². The lowest BCUT2D eigenvalue weighted by molar-refractivity contribution is -0.117. The summed E-state index contributed by atoms with van der Waals surface area (Å²) in [6.45, 7) is 6.07. The third kappa shape index (κ3) is 3.51. The number of nitrogens with two attached hydrogens (primary N) is 1. The number of amides is 1. The van der Waals surface area contributed by atoms with Gasteiger partial charge >= 0.3 is 0 Å². The van der Waals surface area contributed by atoms with Gasteiger partial charge in [-0.25, -0.2) is 0 Å². The minimum Gasteiger partial charge on any atom is -0.327 e. The molecule has 2 rings (SSSR count). The Hall–Kier alpha value is -2.01. The van der Waals surface area contributed by atoms with Crippen molar-refractivity contribution in [2.45, 2.75) is 33.2 Å². The predicted molar refractivity (Wildman–Crippen MR) is 80.2 cm³/mol. The molecule has 0 radical (unpaired) electrons. The number of anilines is 1. The average molecular weight is 272 g/mol. The fourth-order valence-electron chi connectivity index (χ4n) is 1.76. The largest absolute Gasteiger partial charge is 0.327 e. The average Bonchev–Trinajstić information content (AvgIpc) is 2.37. The van der Waals surface area contributed by atoms with Gasteiger partial charge in [0.1, 0.15) is 0 Å². The van der Waals surface area contributed by atoms with Crippen molar-refractivity contribution in [2.75, 3.05) is 5.32 Å². The van der Waals surface area contributed by atoms with Crippen LogP contribution in [0.3, 0.4) is 0 Å². The van der Waals surface area contributed by atoms with Crippen molar-refractivity contribution in [2.24, 2.45) is 11.1 Å². The SMILES string of the molecule is CC(C)(C)C(N)CC(=O)Nc1ccc2nccnc2c1. The molecule has 5 heteroatoms. The second-order valence-electron chi connectivity index (χ2n) is 5.98. The van der Waals surface area contributed by atoms with Crippen LogP contribution in [0.1, 0.15) is 27.2 Å². The Bertz CT molecular complexity index is 619. The van der Waals surface area contributed by atoms with Crippen molar-refractivity contribution in [1.29, 1.82) is 0 Å². The standard InChI is InChI=1S/C15H20N4O/c1-15(2,3)13(16)9-14(20)19-10-4-5-11-12(8-10)18-7-6-17-11/h4-8,13H,9,16H2,1-3H3,(H,19,20). The Morgan fingerprint density at radius 3 is 2.55 bits per heavy atom. The van der Waals surface area contributed by atoms with E-state index in [0.717, 1.165) is 11.0 Å². The molecule has 3 N–H and O–H groups in total. The highest BCUT2D eigenvalue weighted by molar-refractivity contribution is 5.93. The number of nitrogens with zero attached hydrogens (tertiary/aromatic N) is 2. The molecule has 1 amide bonds. The molecular formula is C15H20N4O. The number of aromatic nitrogens is 2. The summed E-state index contributed by atoms with van der Waals surface area (Å²) < 4.78 is 0. The molecule has 0 spiro atoms. The molecule has 0 aliphatic carbocycles. The maximum Gasteiger partial charge on any atom is 0.225 e. The Balaban J connectivity index is 2.06. The Morgan fingerprint density at radius 1 is 1.25 bits per heavy atom. The molecule has 5 nitrogen and oxygen atoms in total. The lowest BCUT2D eigenvalue weighted by Crippen LogP contribution is -2.38. The van der Waals surface area contributed by atoms with Gasteiger partial charge in [-0.3, -0.25) is 14.8 Å². The lowest BCUT2D eigenvalue weighted by Gasteiger charge is -2.26. The summed E-state index contributed by atoms with van der Waals surface area (Å²) in [7, 11) is 0. The van der Waals surface area contributed by atoms with E-state index < -0.39 is 0 Å². The van der Waals surface area contributed by atoms with E-state index in [0.29, 0.717) is 12.1 Å². The topological polar surface area (TPSA) is 80.9 Å². The van der Waals surface area contributed by atoms with Gasteiger partial charge in [0.25, 0.3) is 0 Å². The van der Waals surface area contributed by atoms with E-state index >= 15 is 0 Å². The zero-order chi connectivity index (χ0) is 14.8. The van der Waals surface area contributed by atoms with Crippen molar-refractivity contribution in [3.63, 3.8) is 0 Å². The van der Waals surface area contributed by atoms with Crippen molar-refractivity contribution < 1.29 is 4.79 Å². The van der Waals surface area contributed by atoms with E-state index in [9.17, 15) is 4.79 Å². The van der Waals surface area contributed by atoms with Gasteiger partial charge in [-0.05, 0) is 23.6 Å². The van der Waals surface area contributed by atoms with E-state index in [1.54, 1.807) is 12.4 Å². The molecule has 2 aromatic rings. The van der Waals surface area contributed by atoms with Crippen LogP contribution in [-0.2, 0) is 4.79 Å². The van der Waals surface area contributed by atoms with Gasteiger partial charge in [-0.1, -0.05) is 20.8 Å². The number of hydrogen-bond donors (Lipinski definition) is 2.